The zero-order chi connectivity index (χ0) is 12.6. The van der Waals surface area contributed by atoms with E-state index in [0.29, 0.717) is 6.04 Å². The van der Waals surface area contributed by atoms with Crippen LogP contribution < -0.4 is 5.32 Å². The smallest absolute Gasteiger partial charge is 0.0976 e. The molecule has 1 N–H and O–H groups in total. The van der Waals surface area contributed by atoms with Crippen LogP contribution in [0.2, 0.25) is 0 Å². The van der Waals surface area contributed by atoms with E-state index in [2.05, 4.69) is 52.4 Å². The molecule has 0 aromatic heterocycles. The highest BCUT2D eigenvalue weighted by atomic mass is 79.9. The summed E-state index contributed by atoms with van der Waals surface area (Å²) in [5.74, 6) is 0. The van der Waals surface area contributed by atoms with E-state index in [1.807, 2.05) is 0 Å². The molecular formula is C15H20BrNO. The van der Waals surface area contributed by atoms with Crippen molar-refractivity contribution in [1.29, 1.82) is 0 Å². The van der Waals surface area contributed by atoms with Gasteiger partial charge in [0.1, 0.15) is 0 Å². The lowest BCUT2D eigenvalue weighted by Crippen LogP contribution is -2.57. The van der Waals surface area contributed by atoms with Crippen molar-refractivity contribution >= 4 is 15.9 Å². The molecule has 2 unspecified atom stereocenters. The summed E-state index contributed by atoms with van der Waals surface area (Å²) < 4.78 is 7.30. The Morgan fingerprint density at radius 1 is 1.22 bits per heavy atom. The molecule has 1 aliphatic carbocycles. The third-order valence-corrected chi connectivity index (χ3v) is 4.82. The first-order chi connectivity index (χ1) is 8.69. The van der Waals surface area contributed by atoms with Gasteiger partial charge < -0.3 is 10.1 Å². The minimum atomic E-state index is 0.185. The van der Waals surface area contributed by atoms with Crippen molar-refractivity contribution in [2.45, 2.75) is 50.3 Å². The second-order valence-corrected chi connectivity index (χ2v) is 6.62. The average molecular weight is 310 g/mol. The number of nitrogens with one attached hydrogen (secondary N) is 1. The quantitative estimate of drug-likeness (QED) is 0.851. The van der Waals surface area contributed by atoms with Gasteiger partial charge in [-0.2, -0.15) is 0 Å². The summed E-state index contributed by atoms with van der Waals surface area (Å²) in [6.07, 6.45) is 5.40. The highest BCUT2D eigenvalue weighted by Gasteiger charge is 2.41. The largest absolute Gasteiger partial charge is 0.370 e. The Morgan fingerprint density at radius 3 is 2.50 bits per heavy atom. The Morgan fingerprint density at radius 2 is 1.89 bits per heavy atom. The van der Waals surface area contributed by atoms with Gasteiger partial charge in [0.05, 0.1) is 12.7 Å². The fourth-order valence-electron chi connectivity index (χ4n) is 3.37. The molecule has 3 heteroatoms. The number of hydrogen-bond donors (Lipinski definition) is 1. The molecule has 1 aromatic rings. The Hall–Kier alpha value is -0.380. The summed E-state index contributed by atoms with van der Waals surface area (Å²) >= 11 is 3.48. The van der Waals surface area contributed by atoms with Gasteiger partial charge in [-0.15, -0.1) is 0 Å². The zero-order valence-corrected chi connectivity index (χ0v) is 12.4. The monoisotopic (exact) mass is 309 g/mol. The Kier molecular flexibility index (Phi) is 3.48. The van der Waals surface area contributed by atoms with Crippen LogP contribution in [0.15, 0.2) is 28.7 Å². The van der Waals surface area contributed by atoms with Crippen LogP contribution in [0.1, 0.15) is 44.3 Å². The zero-order valence-electron chi connectivity index (χ0n) is 10.8. The van der Waals surface area contributed by atoms with E-state index in [-0.39, 0.29) is 11.6 Å². The van der Waals surface area contributed by atoms with Gasteiger partial charge in [0.2, 0.25) is 0 Å². The predicted molar refractivity (Wildman–Crippen MR) is 76.6 cm³/mol. The first-order valence-corrected chi connectivity index (χ1v) is 7.63. The van der Waals surface area contributed by atoms with E-state index in [1.54, 1.807) is 0 Å². The molecule has 98 valence electrons. The lowest BCUT2D eigenvalue weighted by Gasteiger charge is -2.43. The molecule has 1 saturated carbocycles. The van der Waals surface area contributed by atoms with Crippen LogP contribution in [0, 0.1) is 0 Å². The lowest BCUT2D eigenvalue weighted by atomic mass is 9.91. The number of hydrogen-bond acceptors (Lipinski definition) is 2. The van der Waals surface area contributed by atoms with Gasteiger partial charge in [-0.1, -0.05) is 40.9 Å². The molecule has 3 rings (SSSR count). The first-order valence-electron chi connectivity index (χ1n) is 6.83. The molecule has 0 radical (unpaired) electrons. The Bertz CT molecular complexity index is 411. The maximum absolute atomic E-state index is 6.18. The van der Waals surface area contributed by atoms with Crippen LogP contribution in [0.4, 0.5) is 0 Å². The molecule has 1 heterocycles. The van der Waals surface area contributed by atoms with E-state index >= 15 is 0 Å². The summed E-state index contributed by atoms with van der Waals surface area (Å²) in [5, 5.41) is 3.82. The van der Waals surface area contributed by atoms with Gasteiger partial charge in [-0.05, 0) is 37.5 Å². The number of ether oxygens (including phenoxy) is 1. The van der Waals surface area contributed by atoms with Crippen molar-refractivity contribution in [3.8, 4) is 0 Å². The normalized spacial score (nSPS) is 30.8. The number of rotatable bonds is 1. The summed E-state index contributed by atoms with van der Waals surface area (Å²) in [4.78, 5) is 0. The molecule has 2 aliphatic rings. The Labute approximate surface area is 117 Å². The van der Waals surface area contributed by atoms with Gasteiger partial charge in [0.15, 0.2) is 0 Å². The third-order valence-electron chi connectivity index (χ3n) is 4.29. The second-order valence-electron chi connectivity index (χ2n) is 5.70. The molecule has 0 bridgehead atoms. The summed E-state index contributed by atoms with van der Waals surface area (Å²) in [5.41, 5.74) is 1.54. The van der Waals surface area contributed by atoms with Crippen LogP contribution in [0.5, 0.6) is 0 Å². The molecule has 2 nitrogen and oxygen atoms in total. The fraction of sp³-hybridized carbons (Fsp3) is 0.600. The van der Waals surface area contributed by atoms with Crippen LogP contribution in [-0.4, -0.2) is 18.2 Å². The van der Waals surface area contributed by atoms with Crippen LogP contribution >= 0.6 is 15.9 Å². The standard InChI is InChI=1S/C15H20BrNO/c1-11-14(12-4-6-13(16)7-5-12)18-10-15(17-11)8-2-3-9-15/h4-7,11,14,17H,2-3,8-10H2,1H3. The highest BCUT2D eigenvalue weighted by molar-refractivity contribution is 9.10. The van der Waals surface area contributed by atoms with Crippen molar-refractivity contribution in [1.82, 2.24) is 5.32 Å². The SMILES string of the molecule is CC1NC2(CCCC2)COC1c1ccc(Br)cc1. The number of halogens is 1. The van der Waals surface area contributed by atoms with Crippen molar-refractivity contribution < 1.29 is 4.74 Å². The average Bonchev–Trinajstić information content (AvgIpc) is 2.79. The second kappa shape index (κ2) is 4.95. The van der Waals surface area contributed by atoms with E-state index in [4.69, 9.17) is 4.74 Å². The highest BCUT2D eigenvalue weighted by Crippen LogP contribution is 2.37. The number of morpholine rings is 1. The maximum atomic E-state index is 6.18. The van der Waals surface area contributed by atoms with Crippen molar-refractivity contribution in [2.75, 3.05) is 6.61 Å². The van der Waals surface area contributed by atoms with Crippen LogP contribution in [0.25, 0.3) is 0 Å². The van der Waals surface area contributed by atoms with E-state index in [1.165, 1.54) is 31.2 Å². The minimum Gasteiger partial charge on any atom is -0.370 e. The van der Waals surface area contributed by atoms with Crippen molar-refractivity contribution in [3.05, 3.63) is 34.3 Å². The van der Waals surface area contributed by atoms with Gasteiger partial charge in [0.25, 0.3) is 0 Å². The molecule has 1 spiro atoms. The summed E-state index contributed by atoms with van der Waals surface area (Å²) in [7, 11) is 0. The minimum absolute atomic E-state index is 0.185. The van der Waals surface area contributed by atoms with Crippen LogP contribution in [-0.2, 0) is 4.74 Å². The third kappa shape index (κ3) is 2.36. The fourth-order valence-corrected chi connectivity index (χ4v) is 3.64. The van der Waals surface area contributed by atoms with E-state index in [0.717, 1.165) is 11.1 Å². The molecule has 0 amide bonds. The molecule has 2 fully saturated rings. The molecular weight excluding hydrogens is 290 g/mol. The molecule has 1 aliphatic heterocycles. The summed E-state index contributed by atoms with van der Waals surface area (Å²) in [6, 6.07) is 8.87. The van der Waals surface area contributed by atoms with E-state index in [9.17, 15) is 0 Å². The number of benzene rings is 1. The molecule has 2 atom stereocenters. The molecule has 1 saturated heterocycles. The first kappa shape index (κ1) is 12.6. The summed E-state index contributed by atoms with van der Waals surface area (Å²) in [6.45, 7) is 3.10. The topological polar surface area (TPSA) is 21.3 Å². The maximum Gasteiger partial charge on any atom is 0.0976 e. The van der Waals surface area contributed by atoms with Gasteiger partial charge in [-0.3, -0.25) is 0 Å². The predicted octanol–water partition coefficient (Wildman–Crippen LogP) is 3.81. The Balaban J connectivity index is 1.74. The van der Waals surface area contributed by atoms with Gasteiger partial charge in [-0.25, -0.2) is 0 Å². The van der Waals surface area contributed by atoms with Gasteiger partial charge >= 0.3 is 0 Å². The lowest BCUT2D eigenvalue weighted by molar-refractivity contribution is -0.0587. The van der Waals surface area contributed by atoms with Crippen molar-refractivity contribution in [3.63, 3.8) is 0 Å². The van der Waals surface area contributed by atoms with Crippen molar-refractivity contribution in [2.24, 2.45) is 0 Å². The molecule has 18 heavy (non-hydrogen) atoms. The molecule has 1 aromatic carbocycles. The van der Waals surface area contributed by atoms with E-state index < -0.39 is 0 Å². The van der Waals surface area contributed by atoms with Gasteiger partial charge in [0, 0.05) is 16.1 Å². The van der Waals surface area contributed by atoms with Crippen LogP contribution in [0.3, 0.4) is 0 Å².